The fourth-order valence-electron chi connectivity index (χ4n) is 3.39. The number of amides is 3. The van der Waals surface area contributed by atoms with E-state index in [2.05, 4.69) is 20.6 Å². The Morgan fingerprint density at radius 2 is 2.30 bits per heavy atom. The third kappa shape index (κ3) is 3.18. The van der Waals surface area contributed by atoms with Gasteiger partial charge in [-0.25, -0.2) is 9.78 Å². The molecule has 2 saturated heterocycles. The van der Waals surface area contributed by atoms with E-state index in [0.29, 0.717) is 6.54 Å². The number of likely N-dealkylation sites (tertiary alicyclic amines) is 1. The first kappa shape index (κ1) is 16.2. The van der Waals surface area contributed by atoms with Crippen LogP contribution in [-0.2, 0) is 11.3 Å². The largest absolute Gasteiger partial charge is 0.352 e. The van der Waals surface area contributed by atoms with Crippen LogP contribution in [0.15, 0.2) is 5.38 Å². The first-order chi connectivity index (χ1) is 10.9. The topological polar surface area (TPSA) is 68.8 Å². The zero-order chi connectivity index (χ0) is 16.6. The number of thiazole rings is 1. The van der Waals surface area contributed by atoms with Crippen molar-refractivity contribution >= 4 is 23.3 Å². The molecule has 8 heteroatoms. The molecule has 0 saturated carbocycles. The average molecular weight is 337 g/mol. The molecule has 3 heterocycles. The van der Waals surface area contributed by atoms with Gasteiger partial charge in [0.25, 0.3) is 0 Å². The van der Waals surface area contributed by atoms with Gasteiger partial charge in [0.15, 0.2) is 0 Å². The maximum atomic E-state index is 12.5. The molecule has 1 unspecified atom stereocenters. The molecule has 1 aromatic rings. The van der Waals surface area contributed by atoms with Gasteiger partial charge in [-0.05, 0) is 13.3 Å². The third-order valence-corrected chi connectivity index (χ3v) is 5.39. The van der Waals surface area contributed by atoms with Crippen LogP contribution in [-0.4, -0.2) is 77.4 Å². The molecule has 0 radical (unpaired) electrons. The number of hydrogen-bond acceptors (Lipinski definition) is 5. The molecule has 2 fully saturated rings. The molecule has 23 heavy (non-hydrogen) atoms. The third-order valence-electron chi connectivity index (χ3n) is 4.57. The number of hydrogen-bond donors (Lipinski definition) is 1. The summed E-state index contributed by atoms with van der Waals surface area (Å²) in [6, 6.07) is -0.0915. The molecule has 0 bridgehead atoms. The van der Waals surface area contributed by atoms with E-state index in [1.165, 1.54) is 0 Å². The van der Waals surface area contributed by atoms with Crippen LogP contribution in [0.4, 0.5) is 4.79 Å². The van der Waals surface area contributed by atoms with Crippen molar-refractivity contribution in [2.75, 3.05) is 40.3 Å². The van der Waals surface area contributed by atoms with Gasteiger partial charge in [-0.15, -0.1) is 11.3 Å². The van der Waals surface area contributed by atoms with Crippen LogP contribution < -0.4 is 5.32 Å². The molecule has 3 amide bonds. The number of carbonyl (C=O) groups excluding carboxylic acids is 2. The summed E-state index contributed by atoms with van der Waals surface area (Å²) < 4.78 is 0. The number of aryl methyl sites for hydroxylation is 1. The predicted octanol–water partition coefficient (Wildman–Crippen LogP) is 0.509. The van der Waals surface area contributed by atoms with E-state index in [1.54, 1.807) is 35.2 Å². The lowest BCUT2D eigenvalue weighted by Gasteiger charge is -2.45. The molecule has 3 rings (SSSR count). The summed E-state index contributed by atoms with van der Waals surface area (Å²) >= 11 is 1.66. The van der Waals surface area contributed by atoms with Crippen LogP contribution in [0.3, 0.4) is 0 Å². The summed E-state index contributed by atoms with van der Waals surface area (Å²) in [6.07, 6.45) is 0.871. The first-order valence-corrected chi connectivity index (χ1v) is 8.67. The Morgan fingerprint density at radius 1 is 1.52 bits per heavy atom. The molecule has 2 aliphatic rings. The summed E-state index contributed by atoms with van der Waals surface area (Å²) in [5.74, 6) is -0.0839. The molecular weight excluding hydrogens is 314 g/mol. The molecule has 0 aromatic carbocycles. The molecule has 0 aliphatic carbocycles. The Labute approximate surface area is 140 Å². The standard InChI is InChI=1S/C15H23N5O2S/c1-11-17-12(8-23-11)6-19-5-4-15(10-19)9-16-13(21)7-20(15)14(22)18(2)3/h8H,4-7,9-10H2,1-3H3,(H,16,21). The molecule has 7 nitrogen and oxygen atoms in total. The Kier molecular flexibility index (Phi) is 4.29. The summed E-state index contributed by atoms with van der Waals surface area (Å²) in [5.41, 5.74) is 0.773. The van der Waals surface area contributed by atoms with E-state index in [-0.39, 0.29) is 24.0 Å². The average Bonchev–Trinajstić information content (AvgIpc) is 3.09. The zero-order valence-corrected chi connectivity index (χ0v) is 14.7. The summed E-state index contributed by atoms with van der Waals surface area (Å²) in [5, 5.41) is 6.10. The SMILES string of the molecule is Cc1nc(CN2CCC3(CNC(=O)CN3C(=O)N(C)C)C2)cs1. The predicted molar refractivity (Wildman–Crippen MR) is 88.3 cm³/mol. The first-order valence-electron chi connectivity index (χ1n) is 7.79. The number of piperazine rings is 1. The van der Waals surface area contributed by atoms with Gasteiger partial charge in [-0.2, -0.15) is 0 Å². The highest BCUT2D eigenvalue weighted by atomic mass is 32.1. The van der Waals surface area contributed by atoms with Crippen LogP contribution in [0.2, 0.25) is 0 Å². The van der Waals surface area contributed by atoms with Gasteiger partial charge in [-0.3, -0.25) is 9.69 Å². The van der Waals surface area contributed by atoms with Gasteiger partial charge in [0.05, 0.1) is 16.2 Å². The smallest absolute Gasteiger partial charge is 0.320 e. The maximum Gasteiger partial charge on any atom is 0.320 e. The second-order valence-electron chi connectivity index (χ2n) is 6.58. The van der Waals surface area contributed by atoms with Gasteiger partial charge in [0.1, 0.15) is 6.54 Å². The number of nitrogens with one attached hydrogen (secondary N) is 1. The van der Waals surface area contributed by atoms with Crippen LogP contribution in [0.5, 0.6) is 0 Å². The lowest BCUT2D eigenvalue weighted by atomic mass is 9.94. The number of nitrogens with zero attached hydrogens (tertiary/aromatic N) is 4. The molecule has 1 N–H and O–H groups in total. The minimum Gasteiger partial charge on any atom is -0.352 e. The highest BCUT2D eigenvalue weighted by molar-refractivity contribution is 7.09. The normalized spacial score (nSPS) is 25.0. The number of rotatable bonds is 2. The highest BCUT2D eigenvalue weighted by Crippen LogP contribution is 2.31. The molecule has 1 atom stereocenters. The minimum absolute atomic E-state index is 0.0839. The molecule has 2 aliphatic heterocycles. The van der Waals surface area contributed by atoms with Gasteiger partial charge in [0.2, 0.25) is 5.91 Å². The van der Waals surface area contributed by atoms with E-state index in [0.717, 1.165) is 36.8 Å². The van der Waals surface area contributed by atoms with Crippen molar-refractivity contribution in [1.29, 1.82) is 0 Å². The number of aromatic nitrogens is 1. The Morgan fingerprint density at radius 3 is 2.96 bits per heavy atom. The van der Waals surface area contributed by atoms with E-state index in [4.69, 9.17) is 0 Å². The van der Waals surface area contributed by atoms with Crippen molar-refractivity contribution in [3.63, 3.8) is 0 Å². The molecular formula is C15H23N5O2S. The van der Waals surface area contributed by atoms with Crippen molar-refractivity contribution in [2.24, 2.45) is 0 Å². The monoisotopic (exact) mass is 337 g/mol. The summed E-state index contributed by atoms with van der Waals surface area (Å²) in [4.78, 5) is 34.4. The molecule has 1 aromatic heterocycles. The second-order valence-corrected chi connectivity index (χ2v) is 7.64. The minimum atomic E-state index is -0.305. The Hall–Kier alpha value is -1.67. The van der Waals surface area contributed by atoms with Crippen molar-refractivity contribution in [3.8, 4) is 0 Å². The number of urea groups is 1. The van der Waals surface area contributed by atoms with Crippen molar-refractivity contribution in [2.45, 2.75) is 25.4 Å². The van der Waals surface area contributed by atoms with Crippen LogP contribution in [0.25, 0.3) is 0 Å². The summed E-state index contributed by atoms with van der Waals surface area (Å²) in [6.45, 7) is 5.14. The van der Waals surface area contributed by atoms with E-state index in [9.17, 15) is 9.59 Å². The lowest BCUT2D eigenvalue weighted by molar-refractivity contribution is -0.126. The zero-order valence-electron chi connectivity index (χ0n) is 13.8. The van der Waals surface area contributed by atoms with Crippen LogP contribution in [0, 0.1) is 6.92 Å². The van der Waals surface area contributed by atoms with Gasteiger partial charge in [0, 0.05) is 45.7 Å². The van der Waals surface area contributed by atoms with E-state index >= 15 is 0 Å². The quantitative estimate of drug-likeness (QED) is 0.854. The van der Waals surface area contributed by atoms with Gasteiger partial charge < -0.3 is 15.1 Å². The lowest BCUT2D eigenvalue weighted by Crippen LogP contribution is -2.67. The second kappa shape index (κ2) is 6.09. The van der Waals surface area contributed by atoms with E-state index in [1.807, 2.05) is 6.92 Å². The van der Waals surface area contributed by atoms with Gasteiger partial charge >= 0.3 is 6.03 Å². The Bertz CT molecular complexity index is 617. The van der Waals surface area contributed by atoms with E-state index < -0.39 is 0 Å². The van der Waals surface area contributed by atoms with Crippen molar-refractivity contribution < 1.29 is 9.59 Å². The van der Waals surface area contributed by atoms with Crippen molar-refractivity contribution in [3.05, 3.63) is 16.1 Å². The highest BCUT2D eigenvalue weighted by Gasteiger charge is 2.48. The van der Waals surface area contributed by atoms with Crippen LogP contribution >= 0.6 is 11.3 Å². The summed E-state index contributed by atoms with van der Waals surface area (Å²) in [7, 11) is 3.46. The fourth-order valence-corrected chi connectivity index (χ4v) is 3.99. The van der Waals surface area contributed by atoms with Crippen molar-refractivity contribution in [1.82, 2.24) is 25.0 Å². The fraction of sp³-hybridized carbons (Fsp3) is 0.667. The van der Waals surface area contributed by atoms with Gasteiger partial charge in [-0.1, -0.05) is 0 Å². The molecule has 1 spiro atoms. The van der Waals surface area contributed by atoms with Crippen LogP contribution in [0.1, 0.15) is 17.1 Å². The Balaban J connectivity index is 1.74. The maximum absolute atomic E-state index is 12.5. The molecule has 126 valence electrons. The number of carbonyl (C=O) groups is 2.